The summed E-state index contributed by atoms with van der Waals surface area (Å²) in [7, 11) is 0. The average Bonchev–Trinajstić information content (AvgIpc) is 3.19. The van der Waals surface area contributed by atoms with Crippen LogP contribution in [0.5, 0.6) is 5.75 Å². The highest BCUT2D eigenvalue weighted by Crippen LogP contribution is 2.26. The van der Waals surface area contributed by atoms with Crippen LogP contribution in [0.25, 0.3) is 0 Å². The van der Waals surface area contributed by atoms with E-state index in [0.717, 1.165) is 43.8 Å². The van der Waals surface area contributed by atoms with Crippen LogP contribution in [0.3, 0.4) is 0 Å². The molecule has 0 bridgehead atoms. The van der Waals surface area contributed by atoms with E-state index in [-0.39, 0.29) is 5.91 Å². The molecular formula is C18H26N2O2. The largest absolute Gasteiger partial charge is 0.490 e. The highest BCUT2D eigenvalue weighted by atomic mass is 16.5. The maximum atomic E-state index is 12.1. The van der Waals surface area contributed by atoms with Gasteiger partial charge in [-0.2, -0.15) is 0 Å². The van der Waals surface area contributed by atoms with Gasteiger partial charge in [0.05, 0.1) is 6.10 Å². The summed E-state index contributed by atoms with van der Waals surface area (Å²) in [6.07, 6.45) is 7.92. The Kier molecular flexibility index (Phi) is 5.33. The molecule has 1 heterocycles. The fourth-order valence-corrected chi connectivity index (χ4v) is 3.37. The number of anilines is 1. The van der Waals surface area contributed by atoms with Crippen molar-refractivity contribution in [1.82, 2.24) is 5.32 Å². The van der Waals surface area contributed by atoms with Gasteiger partial charge < -0.3 is 15.4 Å². The van der Waals surface area contributed by atoms with E-state index in [2.05, 4.69) is 10.6 Å². The predicted molar refractivity (Wildman–Crippen MR) is 88.2 cm³/mol. The van der Waals surface area contributed by atoms with Crippen LogP contribution < -0.4 is 15.4 Å². The van der Waals surface area contributed by atoms with Gasteiger partial charge in [0.15, 0.2) is 0 Å². The summed E-state index contributed by atoms with van der Waals surface area (Å²) in [5.74, 6) is 1.62. The minimum Gasteiger partial charge on any atom is -0.490 e. The molecule has 0 aromatic heterocycles. The average molecular weight is 302 g/mol. The van der Waals surface area contributed by atoms with Crippen molar-refractivity contribution in [2.24, 2.45) is 5.92 Å². The third-order valence-electron chi connectivity index (χ3n) is 4.66. The second-order valence-electron chi connectivity index (χ2n) is 6.50. The van der Waals surface area contributed by atoms with Gasteiger partial charge in [-0.15, -0.1) is 0 Å². The topological polar surface area (TPSA) is 50.4 Å². The molecule has 0 spiro atoms. The molecule has 22 heavy (non-hydrogen) atoms. The minimum atomic E-state index is 0.102. The molecule has 1 aromatic rings. The summed E-state index contributed by atoms with van der Waals surface area (Å²) < 4.78 is 5.98. The Morgan fingerprint density at radius 2 is 2.14 bits per heavy atom. The fourth-order valence-electron chi connectivity index (χ4n) is 3.37. The lowest BCUT2D eigenvalue weighted by Crippen LogP contribution is -2.15. The van der Waals surface area contributed by atoms with Crippen molar-refractivity contribution in [1.29, 1.82) is 0 Å². The second kappa shape index (κ2) is 7.63. The van der Waals surface area contributed by atoms with Crippen LogP contribution in [0, 0.1) is 5.92 Å². The molecule has 120 valence electrons. The third kappa shape index (κ3) is 4.47. The first-order valence-electron chi connectivity index (χ1n) is 8.57. The van der Waals surface area contributed by atoms with Crippen molar-refractivity contribution in [2.45, 2.75) is 51.0 Å². The van der Waals surface area contributed by atoms with Crippen LogP contribution in [0.1, 0.15) is 44.9 Å². The Morgan fingerprint density at radius 1 is 1.27 bits per heavy atom. The smallest absolute Gasteiger partial charge is 0.224 e. The molecule has 1 atom stereocenters. The standard InChI is InChI=1S/C18H26N2O2/c21-18(9-8-14-10-11-19-13-14)20-15-4-3-7-17(12-15)22-16-5-1-2-6-16/h3-4,7,12,14,16,19H,1-2,5-6,8-11,13H2,(H,20,21). The third-order valence-corrected chi connectivity index (χ3v) is 4.66. The van der Waals surface area contributed by atoms with E-state index < -0.39 is 0 Å². The van der Waals surface area contributed by atoms with E-state index in [9.17, 15) is 4.79 Å². The number of ether oxygens (including phenoxy) is 1. The molecule has 2 fully saturated rings. The lowest BCUT2D eigenvalue weighted by atomic mass is 10.0. The zero-order valence-electron chi connectivity index (χ0n) is 13.1. The number of carbonyl (C=O) groups is 1. The first-order valence-corrected chi connectivity index (χ1v) is 8.57. The van der Waals surface area contributed by atoms with E-state index in [4.69, 9.17) is 4.74 Å². The number of nitrogens with one attached hydrogen (secondary N) is 2. The molecule has 4 nitrogen and oxygen atoms in total. The van der Waals surface area contributed by atoms with E-state index in [1.54, 1.807) is 0 Å². The zero-order valence-corrected chi connectivity index (χ0v) is 13.1. The van der Waals surface area contributed by atoms with Crippen molar-refractivity contribution in [3.63, 3.8) is 0 Å². The number of rotatable bonds is 6. The first kappa shape index (κ1) is 15.3. The van der Waals surface area contributed by atoms with Crippen molar-refractivity contribution < 1.29 is 9.53 Å². The van der Waals surface area contributed by atoms with E-state index in [0.29, 0.717) is 18.4 Å². The van der Waals surface area contributed by atoms with Gasteiger partial charge in [0.25, 0.3) is 0 Å². The summed E-state index contributed by atoms with van der Waals surface area (Å²) in [4.78, 5) is 12.1. The van der Waals surface area contributed by atoms with Crippen molar-refractivity contribution in [3.05, 3.63) is 24.3 Å². The Labute approximate surface area is 132 Å². The van der Waals surface area contributed by atoms with Crippen LogP contribution in [0.4, 0.5) is 5.69 Å². The highest BCUT2D eigenvalue weighted by molar-refractivity contribution is 5.90. The van der Waals surface area contributed by atoms with Gasteiger partial charge in [0, 0.05) is 18.2 Å². The molecule has 1 aliphatic heterocycles. The van der Waals surface area contributed by atoms with E-state index >= 15 is 0 Å². The number of amides is 1. The van der Waals surface area contributed by atoms with Gasteiger partial charge in [-0.05, 0) is 69.7 Å². The fraction of sp³-hybridized carbons (Fsp3) is 0.611. The molecular weight excluding hydrogens is 276 g/mol. The Balaban J connectivity index is 1.47. The van der Waals surface area contributed by atoms with Gasteiger partial charge in [-0.25, -0.2) is 0 Å². The molecule has 2 N–H and O–H groups in total. The molecule has 1 amide bonds. The maximum absolute atomic E-state index is 12.1. The quantitative estimate of drug-likeness (QED) is 0.847. The van der Waals surface area contributed by atoms with Crippen LogP contribution >= 0.6 is 0 Å². The SMILES string of the molecule is O=C(CCC1CCNC1)Nc1cccc(OC2CCCC2)c1. The summed E-state index contributed by atoms with van der Waals surface area (Å²) >= 11 is 0. The van der Waals surface area contributed by atoms with Gasteiger partial charge in [0.2, 0.25) is 5.91 Å². The van der Waals surface area contributed by atoms with Crippen LogP contribution in [0.2, 0.25) is 0 Å². The summed E-state index contributed by atoms with van der Waals surface area (Å²) in [5.41, 5.74) is 0.838. The van der Waals surface area contributed by atoms with E-state index in [1.807, 2.05) is 24.3 Å². The highest BCUT2D eigenvalue weighted by Gasteiger charge is 2.17. The van der Waals surface area contributed by atoms with Gasteiger partial charge in [-0.3, -0.25) is 4.79 Å². The van der Waals surface area contributed by atoms with Crippen LogP contribution in [-0.2, 0) is 4.79 Å². The lowest BCUT2D eigenvalue weighted by Gasteiger charge is -2.14. The molecule has 1 saturated heterocycles. The Bertz CT molecular complexity index is 492. The Hall–Kier alpha value is -1.55. The Morgan fingerprint density at radius 3 is 2.91 bits per heavy atom. The molecule has 2 aliphatic rings. The second-order valence-corrected chi connectivity index (χ2v) is 6.50. The van der Waals surface area contributed by atoms with Crippen molar-refractivity contribution in [2.75, 3.05) is 18.4 Å². The normalized spacial score (nSPS) is 21.9. The monoisotopic (exact) mass is 302 g/mol. The van der Waals surface area contributed by atoms with Crippen LogP contribution in [-0.4, -0.2) is 25.1 Å². The lowest BCUT2D eigenvalue weighted by molar-refractivity contribution is -0.116. The van der Waals surface area contributed by atoms with Gasteiger partial charge in [-0.1, -0.05) is 6.07 Å². The minimum absolute atomic E-state index is 0.102. The number of benzene rings is 1. The summed E-state index contributed by atoms with van der Waals surface area (Å²) in [6.45, 7) is 2.14. The molecule has 4 heteroatoms. The summed E-state index contributed by atoms with van der Waals surface area (Å²) in [5, 5.41) is 6.33. The number of carbonyl (C=O) groups excluding carboxylic acids is 1. The molecule has 1 saturated carbocycles. The number of hydrogen-bond acceptors (Lipinski definition) is 3. The molecule has 0 radical (unpaired) electrons. The predicted octanol–water partition coefficient (Wildman–Crippen LogP) is 3.34. The van der Waals surface area contributed by atoms with Crippen molar-refractivity contribution >= 4 is 11.6 Å². The molecule has 1 aliphatic carbocycles. The molecule has 3 rings (SSSR count). The molecule has 1 aromatic carbocycles. The maximum Gasteiger partial charge on any atom is 0.224 e. The van der Waals surface area contributed by atoms with E-state index in [1.165, 1.54) is 19.3 Å². The van der Waals surface area contributed by atoms with Crippen LogP contribution in [0.15, 0.2) is 24.3 Å². The summed E-state index contributed by atoms with van der Waals surface area (Å²) in [6, 6.07) is 7.78. The van der Waals surface area contributed by atoms with Crippen molar-refractivity contribution in [3.8, 4) is 5.75 Å². The number of hydrogen-bond donors (Lipinski definition) is 2. The first-order chi connectivity index (χ1) is 10.8. The molecule has 1 unspecified atom stereocenters. The van der Waals surface area contributed by atoms with Gasteiger partial charge >= 0.3 is 0 Å². The zero-order chi connectivity index (χ0) is 15.2. The van der Waals surface area contributed by atoms with Gasteiger partial charge in [0.1, 0.15) is 5.75 Å².